The van der Waals surface area contributed by atoms with E-state index >= 15 is 0 Å². The maximum absolute atomic E-state index is 11.0. The van der Waals surface area contributed by atoms with Gasteiger partial charge < -0.3 is 15.8 Å². The van der Waals surface area contributed by atoms with Gasteiger partial charge in [-0.15, -0.1) is 0 Å². The number of hydrogen-bond acceptors (Lipinski definition) is 3. The summed E-state index contributed by atoms with van der Waals surface area (Å²) in [6.45, 7) is 5.08. The van der Waals surface area contributed by atoms with Gasteiger partial charge in [0, 0.05) is 19.2 Å². The highest BCUT2D eigenvalue weighted by molar-refractivity contribution is 5.77. The van der Waals surface area contributed by atoms with Gasteiger partial charge in [0.05, 0.1) is 0 Å². The minimum atomic E-state index is -0.0959. The predicted molar refractivity (Wildman–Crippen MR) is 47.8 cm³/mol. The maximum Gasteiger partial charge on any atom is 0.246 e. The Morgan fingerprint density at radius 2 is 2.33 bits per heavy atom. The monoisotopic (exact) mass is 174 g/mol. The zero-order valence-corrected chi connectivity index (χ0v) is 7.80. The molecule has 0 aromatic heterocycles. The Balaban J connectivity index is 3.33. The van der Waals surface area contributed by atoms with Crippen molar-refractivity contribution in [3.05, 3.63) is 0 Å². The van der Waals surface area contributed by atoms with Gasteiger partial charge in [-0.2, -0.15) is 0 Å². The van der Waals surface area contributed by atoms with Gasteiger partial charge in [0.2, 0.25) is 5.91 Å². The molecule has 1 atom stereocenters. The molecule has 0 bridgehead atoms. The molecule has 0 aliphatic rings. The average Bonchev–Trinajstić information content (AvgIpc) is 2.05. The second-order valence-corrected chi connectivity index (χ2v) is 2.76. The second kappa shape index (κ2) is 7.06. The van der Waals surface area contributed by atoms with Crippen molar-refractivity contribution >= 4 is 5.91 Å². The van der Waals surface area contributed by atoms with Crippen LogP contribution in [0.15, 0.2) is 0 Å². The molecule has 0 heterocycles. The topological polar surface area (TPSA) is 64.3 Å². The van der Waals surface area contributed by atoms with E-state index in [1.165, 1.54) is 0 Å². The fraction of sp³-hybridized carbons (Fsp3) is 0.875. The van der Waals surface area contributed by atoms with E-state index in [0.29, 0.717) is 13.2 Å². The Bertz CT molecular complexity index is 128. The highest BCUT2D eigenvalue weighted by Crippen LogP contribution is 1.82. The van der Waals surface area contributed by atoms with Crippen molar-refractivity contribution in [2.24, 2.45) is 5.73 Å². The van der Waals surface area contributed by atoms with E-state index in [4.69, 9.17) is 10.5 Å². The summed E-state index contributed by atoms with van der Waals surface area (Å²) in [5, 5.41) is 2.70. The number of carbonyl (C=O) groups is 1. The molecule has 0 fully saturated rings. The summed E-state index contributed by atoms with van der Waals surface area (Å²) in [4.78, 5) is 11.0. The minimum absolute atomic E-state index is 0.0303. The molecule has 12 heavy (non-hydrogen) atoms. The van der Waals surface area contributed by atoms with E-state index in [2.05, 4.69) is 5.32 Å². The highest BCUT2D eigenvalue weighted by Gasteiger charge is 2.04. The molecule has 72 valence electrons. The lowest BCUT2D eigenvalue weighted by Crippen LogP contribution is -2.39. The van der Waals surface area contributed by atoms with Gasteiger partial charge in [0.1, 0.15) is 6.61 Å². The molecule has 3 N–H and O–H groups in total. The van der Waals surface area contributed by atoms with Gasteiger partial charge in [-0.05, 0) is 13.3 Å². The molecule has 0 aliphatic carbocycles. The van der Waals surface area contributed by atoms with Crippen LogP contribution < -0.4 is 11.1 Å². The van der Waals surface area contributed by atoms with E-state index in [1.807, 2.05) is 13.8 Å². The molecule has 0 spiro atoms. The van der Waals surface area contributed by atoms with Crippen LogP contribution >= 0.6 is 0 Å². The zero-order valence-electron chi connectivity index (χ0n) is 7.80. The summed E-state index contributed by atoms with van der Waals surface area (Å²) >= 11 is 0. The molecule has 0 rings (SSSR count). The lowest BCUT2D eigenvalue weighted by Gasteiger charge is -2.10. The third-order valence-electron chi connectivity index (χ3n) is 1.34. The molecular weight excluding hydrogens is 156 g/mol. The van der Waals surface area contributed by atoms with Crippen LogP contribution in [0, 0.1) is 0 Å². The van der Waals surface area contributed by atoms with Crippen molar-refractivity contribution in [2.45, 2.75) is 26.3 Å². The molecule has 0 aromatic carbocycles. The van der Waals surface area contributed by atoms with Gasteiger partial charge in [0.15, 0.2) is 0 Å². The molecule has 0 saturated carbocycles. The first-order valence-corrected chi connectivity index (χ1v) is 4.27. The fourth-order valence-corrected chi connectivity index (χ4v) is 0.685. The molecule has 4 nitrogen and oxygen atoms in total. The molecule has 0 saturated heterocycles. The Morgan fingerprint density at radius 1 is 1.67 bits per heavy atom. The first-order valence-electron chi connectivity index (χ1n) is 4.27. The Hall–Kier alpha value is -0.610. The van der Waals surface area contributed by atoms with E-state index in [0.717, 1.165) is 6.42 Å². The van der Waals surface area contributed by atoms with Crippen molar-refractivity contribution in [1.82, 2.24) is 5.32 Å². The van der Waals surface area contributed by atoms with E-state index in [-0.39, 0.29) is 18.6 Å². The third-order valence-corrected chi connectivity index (χ3v) is 1.34. The van der Waals surface area contributed by atoms with E-state index in [1.54, 1.807) is 0 Å². The number of nitrogens with two attached hydrogens (primary N) is 1. The summed E-state index contributed by atoms with van der Waals surface area (Å²) in [6, 6.07) is 0.0303. The lowest BCUT2D eigenvalue weighted by atomic mass is 10.3. The Labute approximate surface area is 73.5 Å². The van der Waals surface area contributed by atoms with Crippen LogP contribution in [-0.4, -0.2) is 31.7 Å². The van der Waals surface area contributed by atoms with Crippen LogP contribution in [-0.2, 0) is 9.53 Å². The molecule has 0 aliphatic heterocycles. The summed E-state index contributed by atoms with van der Waals surface area (Å²) in [7, 11) is 0. The molecule has 1 unspecified atom stereocenters. The number of rotatable bonds is 6. The molecular formula is C8H18N2O2. The molecule has 0 aromatic rings. The van der Waals surface area contributed by atoms with E-state index < -0.39 is 0 Å². The summed E-state index contributed by atoms with van der Waals surface area (Å²) in [6.07, 6.45) is 0.930. The van der Waals surface area contributed by atoms with Crippen LogP contribution in [0.5, 0.6) is 0 Å². The second-order valence-electron chi connectivity index (χ2n) is 2.76. The van der Waals surface area contributed by atoms with Crippen molar-refractivity contribution in [2.75, 3.05) is 19.8 Å². The van der Waals surface area contributed by atoms with Crippen molar-refractivity contribution in [1.29, 1.82) is 0 Å². The smallest absolute Gasteiger partial charge is 0.246 e. The number of carbonyl (C=O) groups excluding carboxylic acids is 1. The standard InChI is InChI=1S/C8H18N2O2/c1-3-4-12-6-8(11)10-7(2)5-9/h7H,3-6,9H2,1-2H3,(H,10,11). The Kier molecular flexibility index (Phi) is 6.70. The highest BCUT2D eigenvalue weighted by atomic mass is 16.5. The number of ether oxygens (including phenoxy) is 1. The SMILES string of the molecule is CCCOCC(=O)NC(C)CN. The number of hydrogen-bond donors (Lipinski definition) is 2. The van der Waals surface area contributed by atoms with E-state index in [9.17, 15) is 4.79 Å². The largest absolute Gasteiger partial charge is 0.372 e. The number of amides is 1. The van der Waals surface area contributed by atoms with Crippen LogP contribution in [0.25, 0.3) is 0 Å². The zero-order chi connectivity index (χ0) is 9.40. The molecule has 4 heteroatoms. The normalized spacial score (nSPS) is 12.6. The maximum atomic E-state index is 11.0. The summed E-state index contributed by atoms with van der Waals surface area (Å²) in [5.41, 5.74) is 5.32. The lowest BCUT2D eigenvalue weighted by molar-refractivity contribution is -0.126. The Morgan fingerprint density at radius 3 is 2.83 bits per heavy atom. The van der Waals surface area contributed by atoms with Crippen LogP contribution in [0.3, 0.4) is 0 Å². The fourth-order valence-electron chi connectivity index (χ4n) is 0.685. The van der Waals surface area contributed by atoms with Crippen LogP contribution in [0.1, 0.15) is 20.3 Å². The third kappa shape index (κ3) is 6.12. The van der Waals surface area contributed by atoms with Crippen molar-refractivity contribution < 1.29 is 9.53 Å². The van der Waals surface area contributed by atoms with Crippen molar-refractivity contribution in [3.63, 3.8) is 0 Å². The first kappa shape index (κ1) is 11.4. The predicted octanol–water partition coefficient (Wildman–Crippen LogP) is -0.124. The molecule has 0 radical (unpaired) electrons. The van der Waals surface area contributed by atoms with Gasteiger partial charge in [0.25, 0.3) is 0 Å². The summed E-state index contributed by atoms with van der Waals surface area (Å²) < 4.78 is 5.04. The van der Waals surface area contributed by atoms with Crippen LogP contribution in [0.2, 0.25) is 0 Å². The van der Waals surface area contributed by atoms with Crippen LogP contribution in [0.4, 0.5) is 0 Å². The minimum Gasteiger partial charge on any atom is -0.372 e. The number of nitrogens with one attached hydrogen (secondary N) is 1. The van der Waals surface area contributed by atoms with Crippen molar-refractivity contribution in [3.8, 4) is 0 Å². The molecule has 1 amide bonds. The van der Waals surface area contributed by atoms with Gasteiger partial charge in [-0.1, -0.05) is 6.92 Å². The van der Waals surface area contributed by atoms with Gasteiger partial charge in [-0.3, -0.25) is 4.79 Å². The van der Waals surface area contributed by atoms with Gasteiger partial charge in [-0.25, -0.2) is 0 Å². The van der Waals surface area contributed by atoms with Gasteiger partial charge >= 0.3 is 0 Å². The quantitative estimate of drug-likeness (QED) is 0.552. The first-order chi connectivity index (χ1) is 5.70. The average molecular weight is 174 g/mol. The summed E-state index contributed by atoms with van der Waals surface area (Å²) in [5.74, 6) is -0.0959.